The van der Waals surface area contributed by atoms with Crippen LogP contribution in [0.1, 0.15) is 25.8 Å². The average Bonchev–Trinajstić information content (AvgIpc) is 2.56. The molecule has 0 fully saturated rings. The fraction of sp³-hybridized carbons (Fsp3) is 0.333. The lowest BCUT2D eigenvalue weighted by atomic mass is 9.96. The van der Waals surface area contributed by atoms with Gasteiger partial charge in [0.05, 0.1) is 0 Å². The predicted octanol–water partition coefficient (Wildman–Crippen LogP) is 2.19. The molecule has 1 unspecified atom stereocenters. The molecule has 5 nitrogen and oxygen atoms in total. The molecule has 0 saturated heterocycles. The molecule has 5 heteroatoms. The Labute approximate surface area is 135 Å². The van der Waals surface area contributed by atoms with Crippen LogP contribution in [-0.2, 0) is 17.8 Å². The molecule has 1 heterocycles. The first kappa shape index (κ1) is 17.0. The number of hydrogen-bond acceptors (Lipinski definition) is 3. The van der Waals surface area contributed by atoms with Crippen LogP contribution in [0.2, 0.25) is 0 Å². The van der Waals surface area contributed by atoms with E-state index in [4.69, 9.17) is 0 Å². The van der Waals surface area contributed by atoms with E-state index in [1.54, 1.807) is 18.3 Å². The van der Waals surface area contributed by atoms with Gasteiger partial charge in [-0.2, -0.15) is 0 Å². The second kappa shape index (κ2) is 7.24. The molecule has 0 aliphatic heterocycles. The molecule has 0 bridgehead atoms. The van der Waals surface area contributed by atoms with Gasteiger partial charge >= 0.3 is 0 Å². The number of amides is 1. The van der Waals surface area contributed by atoms with E-state index in [-0.39, 0.29) is 17.7 Å². The van der Waals surface area contributed by atoms with E-state index in [1.807, 2.05) is 37.3 Å². The number of aromatic nitrogens is 1. The molecule has 0 saturated carbocycles. The Morgan fingerprint density at radius 3 is 2.57 bits per heavy atom. The number of pyridine rings is 1. The first-order valence-corrected chi connectivity index (χ1v) is 7.71. The zero-order chi connectivity index (χ0) is 16.9. The first-order valence-electron chi connectivity index (χ1n) is 7.71. The smallest absolute Gasteiger partial charge is 0.274 e. The molecule has 0 spiro atoms. The monoisotopic (exact) mass is 314 g/mol. The van der Waals surface area contributed by atoms with Crippen LogP contribution in [0.25, 0.3) is 0 Å². The Bertz CT molecular complexity index is 721. The van der Waals surface area contributed by atoms with E-state index >= 15 is 0 Å². The largest absolute Gasteiger partial charge is 0.380 e. The zero-order valence-corrected chi connectivity index (χ0v) is 13.5. The molecule has 1 aromatic heterocycles. The number of anilines is 1. The van der Waals surface area contributed by atoms with Gasteiger partial charge in [0.2, 0.25) is 0 Å². The van der Waals surface area contributed by atoms with Crippen molar-refractivity contribution in [3.05, 3.63) is 64.6 Å². The van der Waals surface area contributed by atoms with Gasteiger partial charge in [-0.1, -0.05) is 30.3 Å². The summed E-state index contributed by atoms with van der Waals surface area (Å²) in [4.78, 5) is 24.4. The standard InChI is InChI=1S/C18H22N2O3/c1-3-20-13-7-10-15(16(20)21)19-17(22)18(2,23)12-11-14-8-5-4-6-9-14/h4-10,13,23H,3,11-12H2,1-2H3,(H,19,22). The number of rotatable bonds is 6. The van der Waals surface area contributed by atoms with Gasteiger partial charge in [0, 0.05) is 12.7 Å². The fourth-order valence-electron chi connectivity index (χ4n) is 2.28. The van der Waals surface area contributed by atoms with E-state index < -0.39 is 11.5 Å². The van der Waals surface area contributed by atoms with Gasteiger partial charge in [0.15, 0.2) is 0 Å². The third-order valence-corrected chi connectivity index (χ3v) is 3.84. The van der Waals surface area contributed by atoms with Crippen molar-refractivity contribution in [2.45, 2.75) is 38.8 Å². The molecule has 0 aliphatic carbocycles. The lowest BCUT2D eigenvalue weighted by Crippen LogP contribution is -2.41. The Morgan fingerprint density at radius 1 is 1.22 bits per heavy atom. The summed E-state index contributed by atoms with van der Waals surface area (Å²) in [5.74, 6) is -0.570. The summed E-state index contributed by atoms with van der Waals surface area (Å²) in [5.41, 5.74) is -0.593. The van der Waals surface area contributed by atoms with Gasteiger partial charge in [0.25, 0.3) is 11.5 Å². The Morgan fingerprint density at radius 2 is 1.91 bits per heavy atom. The lowest BCUT2D eigenvalue weighted by Gasteiger charge is -2.22. The normalized spacial score (nSPS) is 13.3. The molecule has 0 aliphatic rings. The number of aliphatic hydroxyl groups is 1. The maximum atomic E-state index is 12.3. The molecule has 0 radical (unpaired) electrons. The van der Waals surface area contributed by atoms with Crippen LogP contribution in [0.15, 0.2) is 53.5 Å². The van der Waals surface area contributed by atoms with Crippen molar-refractivity contribution in [2.24, 2.45) is 0 Å². The predicted molar refractivity (Wildman–Crippen MR) is 90.4 cm³/mol. The van der Waals surface area contributed by atoms with Crippen molar-refractivity contribution in [1.29, 1.82) is 0 Å². The number of benzene rings is 1. The molecule has 1 atom stereocenters. The van der Waals surface area contributed by atoms with Crippen molar-refractivity contribution < 1.29 is 9.90 Å². The van der Waals surface area contributed by atoms with Gasteiger partial charge in [-0.25, -0.2) is 0 Å². The van der Waals surface area contributed by atoms with Crippen LogP contribution in [0, 0.1) is 0 Å². The molecular formula is C18H22N2O3. The summed E-state index contributed by atoms with van der Waals surface area (Å²) in [7, 11) is 0. The third-order valence-electron chi connectivity index (χ3n) is 3.84. The van der Waals surface area contributed by atoms with E-state index in [0.717, 1.165) is 5.56 Å². The van der Waals surface area contributed by atoms with E-state index in [0.29, 0.717) is 13.0 Å². The highest BCUT2D eigenvalue weighted by atomic mass is 16.3. The van der Waals surface area contributed by atoms with Gasteiger partial charge in [0.1, 0.15) is 11.3 Å². The minimum atomic E-state index is -1.55. The van der Waals surface area contributed by atoms with Crippen molar-refractivity contribution in [1.82, 2.24) is 4.57 Å². The van der Waals surface area contributed by atoms with Gasteiger partial charge in [-0.05, 0) is 44.4 Å². The molecule has 1 amide bonds. The SMILES string of the molecule is CCn1cccc(NC(=O)C(C)(O)CCc2ccccc2)c1=O. The highest BCUT2D eigenvalue weighted by molar-refractivity contribution is 5.96. The van der Waals surface area contributed by atoms with Crippen LogP contribution in [-0.4, -0.2) is 21.2 Å². The second-order valence-corrected chi connectivity index (χ2v) is 5.73. The van der Waals surface area contributed by atoms with Crippen LogP contribution in [0.5, 0.6) is 0 Å². The fourth-order valence-corrected chi connectivity index (χ4v) is 2.28. The quantitative estimate of drug-likeness (QED) is 0.858. The van der Waals surface area contributed by atoms with Crippen molar-refractivity contribution in [3.63, 3.8) is 0 Å². The van der Waals surface area contributed by atoms with Crippen LogP contribution < -0.4 is 10.9 Å². The van der Waals surface area contributed by atoms with Gasteiger partial charge < -0.3 is 15.0 Å². The zero-order valence-electron chi connectivity index (χ0n) is 13.5. The number of carbonyl (C=O) groups is 1. The number of nitrogens with one attached hydrogen (secondary N) is 1. The number of carbonyl (C=O) groups excluding carboxylic acids is 1. The molecule has 2 N–H and O–H groups in total. The van der Waals surface area contributed by atoms with E-state index in [9.17, 15) is 14.7 Å². The van der Waals surface area contributed by atoms with Crippen molar-refractivity contribution in [3.8, 4) is 0 Å². The molecule has 1 aromatic carbocycles. The Balaban J connectivity index is 2.05. The minimum absolute atomic E-state index is 0.180. The van der Waals surface area contributed by atoms with Gasteiger partial charge in [-0.15, -0.1) is 0 Å². The summed E-state index contributed by atoms with van der Waals surface area (Å²) < 4.78 is 1.49. The highest BCUT2D eigenvalue weighted by Crippen LogP contribution is 2.16. The summed E-state index contributed by atoms with van der Waals surface area (Å²) in [6, 6.07) is 12.9. The number of hydrogen-bond donors (Lipinski definition) is 2. The maximum absolute atomic E-state index is 12.3. The molecule has 23 heavy (non-hydrogen) atoms. The van der Waals surface area contributed by atoms with Crippen LogP contribution >= 0.6 is 0 Å². The Kier molecular flexibility index (Phi) is 5.34. The topological polar surface area (TPSA) is 71.3 Å². The summed E-state index contributed by atoms with van der Waals surface area (Å²) >= 11 is 0. The number of nitrogens with zero attached hydrogens (tertiary/aromatic N) is 1. The minimum Gasteiger partial charge on any atom is -0.380 e. The first-order chi connectivity index (χ1) is 10.9. The van der Waals surface area contributed by atoms with Crippen molar-refractivity contribution in [2.75, 3.05) is 5.32 Å². The summed E-state index contributed by atoms with van der Waals surface area (Å²) in [6.07, 6.45) is 2.51. The third kappa shape index (κ3) is 4.29. The Hall–Kier alpha value is -2.40. The molecule has 2 aromatic rings. The maximum Gasteiger partial charge on any atom is 0.274 e. The average molecular weight is 314 g/mol. The molecule has 122 valence electrons. The highest BCUT2D eigenvalue weighted by Gasteiger charge is 2.30. The lowest BCUT2D eigenvalue weighted by molar-refractivity contribution is -0.132. The number of aryl methyl sites for hydroxylation is 2. The van der Waals surface area contributed by atoms with Crippen molar-refractivity contribution >= 4 is 11.6 Å². The molecule has 2 rings (SSSR count). The van der Waals surface area contributed by atoms with Crippen LogP contribution in [0.3, 0.4) is 0 Å². The van der Waals surface area contributed by atoms with Gasteiger partial charge in [-0.3, -0.25) is 9.59 Å². The van der Waals surface area contributed by atoms with E-state index in [2.05, 4.69) is 5.32 Å². The summed E-state index contributed by atoms with van der Waals surface area (Å²) in [5, 5.41) is 12.9. The van der Waals surface area contributed by atoms with E-state index in [1.165, 1.54) is 11.5 Å². The van der Waals surface area contributed by atoms with Crippen LogP contribution in [0.4, 0.5) is 5.69 Å². The molecular weight excluding hydrogens is 292 g/mol. The summed E-state index contributed by atoms with van der Waals surface area (Å²) in [6.45, 7) is 3.84. The second-order valence-electron chi connectivity index (χ2n) is 5.73.